The summed E-state index contributed by atoms with van der Waals surface area (Å²) in [5, 5.41) is 0. The molecule has 0 aromatic heterocycles. The van der Waals surface area contributed by atoms with E-state index in [0.29, 0.717) is 12.2 Å². The smallest absolute Gasteiger partial charge is 0.222 e. The SMILES string of the molecule is CCOc1ccc(C(=O)CCC(=O)N(C)C)cc1. The zero-order valence-electron chi connectivity index (χ0n) is 11.1. The van der Waals surface area contributed by atoms with E-state index in [1.54, 1.807) is 38.4 Å². The number of rotatable bonds is 6. The quantitative estimate of drug-likeness (QED) is 0.726. The van der Waals surface area contributed by atoms with E-state index >= 15 is 0 Å². The molecule has 0 atom stereocenters. The molecular weight excluding hydrogens is 230 g/mol. The second-order valence-corrected chi connectivity index (χ2v) is 4.17. The molecule has 98 valence electrons. The Morgan fingerprint density at radius 3 is 2.22 bits per heavy atom. The Kier molecular flexibility index (Phi) is 5.36. The van der Waals surface area contributed by atoms with Gasteiger partial charge in [-0.05, 0) is 31.2 Å². The summed E-state index contributed by atoms with van der Waals surface area (Å²) in [6, 6.07) is 7.00. The molecule has 0 aliphatic carbocycles. The summed E-state index contributed by atoms with van der Waals surface area (Å²) in [7, 11) is 3.37. The summed E-state index contributed by atoms with van der Waals surface area (Å²) in [5.74, 6) is 0.695. The van der Waals surface area contributed by atoms with Crippen molar-refractivity contribution in [2.75, 3.05) is 20.7 Å². The molecule has 1 rings (SSSR count). The first kappa shape index (κ1) is 14.2. The van der Waals surface area contributed by atoms with Crippen molar-refractivity contribution in [1.82, 2.24) is 4.90 Å². The molecule has 0 bridgehead atoms. The topological polar surface area (TPSA) is 46.6 Å². The molecule has 0 saturated heterocycles. The zero-order valence-corrected chi connectivity index (χ0v) is 11.1. The van der Waals surface area contributed by atoms with Gasteiger partial charge >= 0.3 is 0 Å². The highest BCUT2D eigenvalue weighted by atomic mass is 16.5. The van der Waals surface area contributed by atoms with Gasteiger partial charge < -0.3 is 9.64 Å². The van der Waals surface area contributed by atoms with Crippen molar-refractivity contribution in [3.8, 4) is 5.75 Å². The Balaban J connectivity index is 2.54. The summed E-state index contributed by atoms with van der Waals surface area (Å²) in [6.07, 6.45) is 0.490. The van der Waals surface area contributed by atoms with E-state index in [4.69, 9.17) is 4.74 Å². The fourth-order valence-corrected chi connectivity index (χ4v) is 1.49. The lowest BCUT2D eigenvalue weighted by molar-refractivity contribution is -0.128. The van der Waals surface area contributed by atoms with E-state index in [9.17, 15) is 9.59 Å². The molecule has 0 unspecified atom stereocenters. The average Bonchev–Trinajstić information content (AvgIpc) is 2.36. The standard InChI is InChI=1S/C14H19NO3/c1-4-18-12-7-5-11(6-8-12)13(16)9-10-14(17)15(2)3/h5-8H,4,9-10H2,1-3H3. The summed E-state index contributed by atoms with van der Waals surface area (Å²) in [4.78, 5) is 24.7. The van der Waals surface area contributed by atoms with Crippen LogP contribution in [0.2, 0.25) is 0 Å². The summed E-state index contributed by atoms with van der Waals surface area (Å²) in [5.41, 5.74) is 0.616. The molecule has 0 fully saturated rings. The van der Waals surface area contributed by atoms with E-state index < -0.39 is 0 Å². The molecule has 0 aliphatic heterocycles. The number of Topliss-reactive ketones (excluding diaryl/α,β-unsaturated/α-hetero) is 1. The van der Waals surface area contributed by atoms with Crippen LogP contribution in [0.1, 0.15) is 30.1 Å². The minimum Gasteiger partial charge on any atom is -0.494 e. The Hall–Kier alpha value is -1.84. The van der Waals surface area contributed by atoms with Crippen LogP contribution in [0, 0.1) is 0 Å². The van der Waals surface area contributed by atoms with Crippen LogP contribution < -0.4 is 4.74 Å². The van der Waals surface area contributed by atoms with Crippen molar-refractivity contribution in [3.05, 3.63) is 29.8 Å². The van der Waals surface area contributed by atoms with Gasteiger partial charge in [-0.1, -0.05) is 0 Å². The molecule has 4 heteroatoms. The minimum absolute atomic E-state index is 0.0201. The van der Waals surface area contributed by atoms with Crippen LogP contribution in [0.15, 0.2) is 24.3 Å². The first-order valence-electron chi connectivity index (χ1n) is 6.00. The Morgan fingerprint density at radius 2 is 1.72 bits per heavy atom. The van der Waals surface area contributed by atoms with Crippen LogP contribution in [0.3, 0.4) is 0 Å². The van der Waals surface area contributed by atoms with Crippen LogP contribution in [0.4, 0.5) is 0 Å². The molecular formula is C14H19NO3. The van der Waals surface area contributed by atoms with Gasteiger partial charge in [0.15, 0.2) is 5.78 Å². The third-order valence-corrected chi connectivity index (χ3v) is 2.55. The maximum absolute atomic E-state index is 11.8. The third kappa shape index (κ3) is 4.20. The molecule has 0 aliphatic rings. The van der Waals surface area contributed by atoms with Crippen molar-refractivity contribution < 1.29 is 14.3 Å². The van der Waals surface area contributed by atoms with Gasteiger partial charge in [-0.15, -0.1) is 0 Å². The lowest BCUT2D eigenvalue weighted by atomic mass is 10.1. The molecule has 0 saturated carbocycles. The molecule has 1 amide bonds. The molecule has 1 aromatic carbocycles. The second-order valence-electron chi connectivity index (χ2n) is 4.17. The van der Waals surface area contributed by atoms with Gasteiger partial charge in [0.05, 0.1) is 6.61 Å². The number of nitrogens with zero attached hydrogens (tertiary/aromatic N) is 1. The highest BCUT2D eigenvalue weighted by Gasteiger charge is 2.10. The molecule has 0 heterocycles. The molecule has 0 N–H and O–H groups in total. The third-order valence-electron chi connectivity index (χ3n) is 2.55. The largest absolute Gasteiger partial charge is 0.494 e. The number of benzene rings is 1. The van der Waals surface area contributed by atoms with E-state index in [0.717, 1.165) is 5.75 Å². The van der Waals surface area contributed by atoms with Crippen LogP contribution in [-0.2, 0) is 4.79 Å². The maximum Gasteiger partial charge on any atom is 0.222 e. The minimum atomic E-state index is -0.0331. The highest BCUT2D eigenvalue weighted by molar-refractivity contribution is 5.98. The van der Waals surface area contributed by atoms with Gasteiger partial charge in [0, 0.05) is 32.5 Å². The number of ketones is 1. The van der Waals surface area contributed by atoms with Crippen LogP contribution in [-0.4, -0.2) is 37.3 Å². The van der Waals surface area contributed by atoms with Gasteiger partial charge in [-0.3, -0.25) is 9.59 Å². The predicted octanol–water partition coefficient (Wildman–Crippen LogP) is 2.14. The molecule has 1 aromatic rings. The number of amides is 1. The van der Waals surface area contributed by atoms with Crippen LogP contribution in [0.25, 0.3) is 0 Å². The number of hydrogen-bond donors (Lipinski definition) is 0. The van der Waals surface area contributed by atoms with Crippen molar-refractivity contribution in [2.24, 2.45) is 0 Å². The number of ether oxygens (including phenoxy) is 1. The van der Waals surface area contributed by atoms with E-state index in [-0.39, 0.29) is 24.5 Å². The van der Waals surface area contributed by atoms with Crippen molar-refractivity contribution >= 4 is 11.7 Å². The van der Waals surface area contributed by atoms with Gasteiger partial charge in [0.25, 0.3) is 0 Å². The first-order valence-corrected chi connectivity index (χ1v) is 6.00. The Labute approximate surface area is 108 Å². The van der Waals surface area contributed by atoms with Crippen molar-refractivity contribution in [3.63, 3.8) is 0 Å². The van der Waals surface area contributed by atoms with E-state index in [1.807, 2.05) is 6.92 Å². The summed E-state index contributed by atoms with van der Waals surface area (Å²) in [6.45, 7) is 2.51. The van der Waals surface area contributed by atoms with Gasteiger partial charge in [-0.25, -0.2) is 0 Å². The van der Waals surface area contributed by atoms with Crippen LogP contribution in [0.5, 0.6) is 5.75 Å². The number of carbonyl (C=O) groups is 2. The second kappa shape index (κ2) is 6.79. The molecule has 18 heavy (non-hydrogen) atoms. The first-order chi connectivity index (χ1) is 8.54. The predicted molar refractivity (Wildman–Crippen MR) is 69.9 cm³/mol. The van der Waals surface area contributed by atoms with Gasteiger partial charge in [-0.2, -0.15) is 0 Å². The van der Waals surface area contributed by atoms with Gasteiger partial charge in [0.2, 0.25) is 5.91 Å². The average molecular weight is 249 g/mol. The van der Waals surface area contributed by atoms with Crippen molar-refractivity contribution in [1.29, 1.82) is 0 Å². The van der Waals surface area contributed by atoms with Crippen molar-refractivity contribution in [2.45, 2.75) is 19.8 Å². The monoisotopic (exact) mass is 249 g/mol. The lowest BCUT2D eigenvalue weighted by Gasteiger charge is -2.09. The van der Waals surface area contributed by atoms with Crippen LogP contribution >= 0.6 is 0 Å². The lowest BCUT2D eigenvalue weighted by Crippen LogP contribution is -2.22. The molecule has 0 spiro atoms. The molecule has 4 nitrogen and oxygen atoms in total. The highest BCUT2D eigenvalue weighted by Crippen LogP contribution is 2.14. The maximum atomic E-state index is 11.8. The summed E-state index contributed by atoms with van der Waals surface area (Å²) < 4.78 is 5.30. The normalized spacial score (nSPS) is 9.94. The van der Waals surface area contributed by atoms with Gasteiger partial charge in [0.1, 0.15) is 5.75 Å². The fraction of sp³-hybridized carbons (Fsp3) is 0.429. The number of carbonyl (C=O) groups excluding carboxylic acids is 2. The summed E-state index contributed by atoms with van der Waals surface area (Å²) >= 11 is 0. The Morgan fingerprint density at radius 1 is 1.11 bits per heavy atom. The van der Waals surface area contributed by atoms with E-state index in [2.05, 4.69) is 0 Å². The zero-order chi connectivity index (χ0) is 13.5. The Bertz CT molecular complexity index is 410. The fourth-order valence-electron chi connectivity index (χ4n) is 1.49. The number of hydrogen-bond acceptors (Lipinski definition) is 3. The van der Waals surface area contributed by atoms with E-state index in [1.165, 1.54) is 4.90 Å². The molecule has 0 radical (unpaired) electrons.